The molecule has 1 aliphatic rings. The fourth-order valence-corrected chi connectivity index (χ4v) is 2.68. The highest BCUT2D eigenvalue weighted by Gasteiger charge is 2.29. The summed E-state index contributed by atoms with van der Waals surface area (Å²) in [5, 5.41) is 9.15. The monoisotopic (exact) mass is 331 g/mol. The van der Waals surface area contributed by atoms with Gasteiger partial charge in [-0.05, 0) is 23.5 Å². The summed E-state index contributed by atoms with van der Waals surface area (Å²) < 4.78 is 6.09. The molecule has 130 valence electrons. The van der Waals surface area contributed by atoms with E-state index in [1.165, 1.54) is 0 Å². The van der Waals surface area contributed by atoms with Gasteiger partial charge in [-0.3, -0.25) is 0 Å². The smallest absolute Gasteiger partial charge is 0.333 e. The minimum atomic E-state index is -0.973. The van der Waals surface area contributed by atoms with Crippen LogP contribution in [-0.4, -0.2) is 41.5 Å². The lowest BCUT2D eigenvalue weighted by atomic mass is 9.86. The van der Waals surface area contributed by atoms with Crippen molar-refractivity contribution in [2.45, 2.75) is 45.1 Å². The number of aliphatic carboxylic acids is 1. The Balaban J connectivity index is 1.96. The molecule has 0 radical (unpaired) electrons. The summed E-state index contributed by atoms with van der Waals surface area (Å²) in [6.07, 6.45) is 2.90. The molecule has 1 heterocycles. The van der Waals surface area contributed by atoms with E-state index in [4.69, 9.17) is 9.84 Å². The molecule has 1 aliphatic heterocycles. The third kappa shape index (κ3) is 4.60. The van der Waals surface area contributed by atoms with Crippen LogP contribution in [0.3, 0.4) is 0 Å². The van der Waals surface area contributed by atoms with Crippen LogP contribution in [0.5, 0.6) is 5.75 Å². The van der Waals surface area contributed by atoms with Crippen molar-refractivity contribution < 1.29 is 19.4 Å². The van der Waals surface area contributed by atoms with Gasteiger partial charge < -0.3 is 19.5 Å². The second-order valence-electron chi connectivity index (χ2n) is 7.10. The molecule has 1 aromatic carbocycles. The zero-order chi connectivity index (χ0) is 17.7. The standard InChI is InChI=1S/C19H25NO4/c1-19(2,3)16-8-4-5-9-17(16)24-15-12-20(13-15)11-14(18(22)23)7-6-10-21/h4-5,8-11,15H,6-7,12-13H2,1-3H3,(H,22,23). The Morgan fingerprint density at radius 1 is 1.33 bits per heavy atom. The zero-order valence-corrected chi connectivity index (χ0v) is 14.5. The van der Waals surface area contributed by atoms with Crippen LogP contribution in [0.1, 0.15) is 39.2 Å². The van der Waals surface area contributed by atoms with Crippen molar-refractivity contribution in [1.82, 2.24) is 4.90 Å². The van der Waals surface area contributed by atoms with Crippen molar-refractivity contribution in [2.24, 2.45) is 0 Å². The summed E-state index contributed by atoms with van der Waals surface area (Å²) in [4.78, 5) is 23.5. The minimum absolute atomic E-state index is 0.00520. The number of aldehydes is 1. The number of carboxylic acid groups (broad SMARTS) is 1. The van der Waals surface area contributed by atoms with Crippen molar-refractivity contribution in [3.05, 3.63) is 41.6 Å². The summed E-state index contributed by atoms with van der Waals surface area (Å²) in [5.74, 6) is -0.0858. The van der Waals surface area contributed by atoms with E-state index in [-0.39, 0.29) is 29.9 Å². The minimum Gasteiger partial charge on any atom is -0.486 e. The molecule has 0 bridgehead atoms. The third-order valence-electron chi connectivity index (χ3n) is 4.01. The van der Waals surface area contributed by atoms with Gasteiger partial charge >= 0.3 is 5.97 Å². The largest absolute Gasteiger partial charge is 0.486 e. The number of carbonyl (C=O) groups is 2. The van der Waals surface area contributed by atoms with Crippen molar-refractivity contribution >= 4 is 12.3 Å². The van der Waals surface area contributed by atoms with E-state index in [0.717, 1.165) is 17.6 Å². The van der Waals surface area contributed by atoms with Gasteiger partial charge in [-0.1, -0.05) is 39.0 Å². The van der Waals surface area contributed by atoms with Crippen LogP contribution in [0.4, 0.5) is 0 Å². The lowest BCUT2D eigenvalue weighted by Crippen LogP contribution is -2.51. The van der Waals surface area contributed by atoms with Crippen LogP contribution in [0.15, 0.2) is 36.0 Å². The second kappa shape index (κ2) is 7.51. The maximum atomic E-state index is 11.2. The van der Waals surface area contributed by atoms with Crippen molar-refractivity contribution in [3.8, 4) is 5.75 Å². The van der Waals surface area contributed by atoms with Crippen molar-refractivity contribution in [2.75, 3.05) is 13.1 Å². The number of rotatable bonds is 7. The van der Waals surface area contributed by atoms with E-state index in [2.05, 4.69) is 26.8 Å². The zero-order valence-electron chi connectivity index (χ0n) is 14.5. The summed E-state index contributed by atoms with van der Waals surface area (Å²) in [5.41, 5.74) is 1.43. The van der Waals surface area contributed by atoms with Crippen molar-refractivity contribution in [1.29, 1.82) is 0 Å². The molecular formula is C19H25NO4. The number of hydrogen-bond acceptors (Lipinski definition) is 4. The Kier molecular flexibility index (Phi) is 5.65. The number of hydrogen-bond donors (Lipinski definition) is 1. The first-order valence-electron chi connectivity index (χ1n) is 8.19. The number of ether oxygens (including phenoxy) is 1. The maximum Gasteiger partial charge on any atom is 0.333 e. The molecule has 1 aromatic rings. The molecule has 0 spiro atoms. The molecule has 0 unspecified atom stereocenters. The maximum absolute atomic E-state index is 11.2. The van der Waals surface area contributed by atoms with E-state index in [1.54, 1.807) is 6.20 Å². The van der Waals surface area contributed by atoms with Gasteiger partial charge in [0.25, 0.3) is 0 Å². The Morgan fingerprint density at radius 3 is 2.58 bits per heavy atom. The number of benzene rings is 1. The topological polar surface area (TPSA) is 66.8 Å². The number of likely N-dealkylation sites (tertiary alicyclic amines) is 1. The Bertz CT molecular complexity index is 624. The normalized spacial score (nSPS) is 15.8. The third-order valence-corrected chi connectivity index (χ3v) is 4.01. The highest BCUT2D eigenvalue weighted by Crippen LogP contribution is 2.32. The molecule has 5 heteroatoms. The van der Waals surface area contributed by atoms with E-state index < -0.39 is 5.97 Å². The van der Waals surface area contributed by atoms with Gasteiger partial charge in [0.15, 0.2) is 0 Å². The second-order valence-corrected chi connectivity index (χ2v) is 7.10. The van der Waals surface area contributed by atoms with E-state index >= 15 is 0 Å². The number of carbonyl (C=O) groups excluding carboxylic acids is 1. The molecule has 1 fully saturated rings. The predicted molar refractivity (Wildman–Crippen MR) is 92.1 cm³/mol. The molecule has 1 N–H and O–H groups in total. The Labute approximate surface area is 142 Å². The Hall–Kier alpha value is -2.30. The fraction of sp³-hybridized carbons (Fsp3) is 0.474. The predicted octanol–water partition coefficient (Wildman–Crippen LogP) is 2.99. The van der Waals surface area contributed by atoms with E-state index in [1.807, 2.05) is 23.1 Å². The molecule has 0 saturated carbocycles. The van der Waals surface area contributed by atoms with Crippen LogP contribution in [-0.2, 0) is 15.0 Å². The van der Waals surface area contributed by atoms with E-state index in [0.29, 0.717) is 13.1 Å². The number of para-hydroxylation sites is 1. The van der Waals surface area contributed by atoms with Gasteiger partial charge in [-0.15, -0.1) is 0 Å². The summed E-state index contributed by atoms with van der Waals surface area (Å²) in [6.45, 7) is 7.75. The van der Waals surface area contributed by atoms with E-state index in [9.17, 15) is 9.59 Å². The molecule has 0 amide bonds. The lowest BCUT2D eigenvalue weighted by molar-refractivity contribution is -0.133. The lowest BCUT2D eigenvalue weighted by Gasteiger charge is -2.39. The highest BCUT2D eigenvalue weighted by molar-refractivity contribution is 5.86. The van der Waals surface area contributed by atoms with Crippen LogP contribution in [0.2, 0.25) is 0 Å². The first kappa shape index (κ1) is 18.0. The quantitative estimate of drug-likeness (QED) is 0.614. The molecule has 2 rings (SSSR count). The first-order valence-corrected chi connectivity index (χ1v) is 8.19. The van der Waals surface area contributed by atoms with Crippen molar-refractivity contribution in [3.63, 3.8) is 0 Å². The van der Waals surface area contributed by atoms with Gasteiger partial charge in [0.1, 0.15) is 18.1 Å². The van der Waals surface area contributed by atoms with Gasteiger partial charge in [0.2, 0.25) is 0 Å². The molecule has 1 saturated heterocycles. The molecule has 5 nitrogen and oxygen atoms in total. The average Bonchev–Trinajstić information content (AvgIpc) is 2.47. The van der Waals surface area contributed by atoms with Crippen LogP contribution >= 0.6 is 0 Å². The average molecular weight is 331 g/mol. The SMILES string of the molecule is CC(C)(C)c1ccccc1OC1CN(C=C(CCC=O)C(=O)O)C1. The summed E-state index contributed by atoms with van der Waals surface area (Å²) in [7, 11) is 0. The molecule has 0 atom stereocenters. The van der Waals surface area contributed by atoms with Gasteiger partial charge in [-0.2, -0.15) is 0 Å². The molecule has 24 heavy (non-hydrogen) atoms. The van der Waals surface area contributed by atoms with Gasteiger partial charge in [-0.25, -0.2) is 4.79 Å². The highest BCUT2D eigenvalue weighted by atomic mass is 16.5. The number of carboxylic acids is 1. The summed E-state index contributed by atoms with van der Waals surface area (Å²) in [6, 6.07) is 8.03. The van der Waals surface area contributed by atoms with Crippen LogP contribution in [0.25, 0.3) is 0 Å². The Morgan fingerprint density at radius 2 is 2.00 bits per heavy atom. The molecule has 0 aromatic heterocycles. The molecule has 0 aliphatic carbocycles. The van der Waals surface area contributed by atoms with Crippen LogP contribution < -0.4 is 4.74 Å². The first-order chi connectivity index (χ1) is 11.3. The van der Waals surface area contributed by atoms with Crippen LogP contribution in [0, 0.1) is 0 Å². The fourth-order valence-electron chi connectivity index (χ4n) is 2.68. The van der Waals surface area contributed by atoms with Gasteiger partial charge in [0.05, 0.1) is 18.7 Å². The van der Waals surface area contributed by atoms with Gasteiger partial charge in [0, 0.05) is 12.6 Å². The molecular weight excluding hydrogens is 306 g/mol. The number of nitrogens with zero attached hydrogens (tertiary/aromatic N) is 1. The summed E-state index contributed by atoms with van der Waals surface area (Å²) >= 11 is 0.